The number of hydrogen-bond donors (Lipinski definition) is 0. The van der Waals surface area contributed by atoms with E-state index in [2.05, 4.69) is 14.5 Å². The maximum Gasteiger partial charge on any atom is 0.390 e. The molecule has 0 radical (unpaired) electrons. The second-order valence-corrected chi connectivity index (χ2v) is 3.84. The van der Waals surface area contributed by atoms with Crippen molar-refractivity contribution in [1.29, 1.82) is 0 Å². The summed E-state index contributed by atoms with van der Waals surface area (Å²) in [7, 11) is 1.60. The third-order valence-electron chi connectivity index (χ3n) is 1.95. The molecule has 8 nitrogen and oxygen atoms in total. The largest absolute Gasteiger partial charge is 0.390 e. The van der Waals surface area contributed by atoms with Crippen LogP contribution in [0.5, 0.6) is 0 Å². The molecule has 0 amide bonds. The summed E-state index contributed by atoms with van der Waals surface area (Å²) in [5.41, 5.74) is 0. The Morgan fingerprint density at radius 2 is 2.47 bits per heavy atom. The van der Waals surface area contributed by atoms with Crippen molar-refractivity contribution in [2.75, 3.05) is 13.7 Å². The highest BCUT2D eigenvalue weighted by Gasteiger charge is 2.15. The Bertz CT molecular complexity index is 523. The smallest absolute Gasteiger partial charge is 0.384 e. The number of rotatable bonds is 5. The minimum Gasteiger partial charge on any atom is -0.384 e. The van der Waals surface area contributed by atoms with Crippen LogP contribution in [0.2, 0.25) is 0 Å². The third kappa shape index (κ3) is 2.63. The highest BCUT2D eigenvalue weighted by Crippen LogP contribution is 2.14. The number of nitrogens with zero attached hydrogens (tertiary/aromatic N) is 5. The van der Waals surface area contributed by atoms with Gasteiger partial charge in [-0.3, -0.25) is 0 Å². The lowest BCUT2D eigenvalue weighted by Crippen LogP contribution is -1.99. The zero-order valence-electron chi connectivity index (χ0n) is 8.94. The molecule has 17 heavy (non-hydrogen) atoms. The van der Waals surface area contributed by atoms with E-state index in [0.29, 0.717) is 24.0 Å². The maximum absolute atomic E-state index is 10.5. The maximum atomic E-state index is 10.5. The molecule has 2 aromatic heterocycles. The van der Waals surface area contributed by atoms with E-state index in [9.17, 15) is 10.1 Å². The van der Waals surface area contributed by atoms with Crippen LogP contribution in [0.1, 0.15) is 5.82 Å². The zero-order valence-corrected chi connectivity index (χ0v) is 9.75. The van der Waals surface area contributed by atoms with Crippen LogP contribution >= 0.6 is 11.5 Å². The van der Waals surface area contributed by atoms with Crippen LogP contribution in [0.4, 0.5) is 5.82 Å². The van der Waals surface area contributed by atoms with Crippen LogP contribution in [0.25, 0.3) is 5.13 Å². The van der Waals surface area contributed by atoms with Gasteiger partial charge in [-0.25, -0.2) is 4.98 Å². The molecule has 0 saturated heterocycles. The van der Waals surface area contributed by atoms with Crippen molar-refractivity contribution in [2.45, 2.75) is 6.42 Å². The standard InChI is InChI=1S/C8H9N5O3S/c1-16-5-3-6-9-8(17-11-6)12-4-2-7(10-12)13(14)15/h2,4H,3,5H2,1H3. The molecule has 0 atom stereocenters. The molecule has 2 rings (SSSR count). The fourth-order valence-electron chi connectivity index (χ4n) is 1.15. The van der Waals surface area contributed by atoms with E-state index < -0.39 is 4.92 Å². The van der Waals surface area contributed by atoms with Gasteiger partial charge in [0.15, 0.2) is 0 Å². The first-order chi connectivity index (χ1) is 8.20. The predicted octanol–water partition coefficient (Wildman–Crippen LogP) is 0.821. The van der Waals surface area contributed by atoms with Crippen LogP contribution in [0.15, 0.2) is 12.3 Å². The van der Waals surface area contributed by atoms with Crippen LogP contribution < -0.4 is 0 Å². The molecular formula is C8H9N5O3S. The third-order valence-corrected chi connectivity index (χ3v) is 2.69. The topological polar surface area (TPSA) is 96.0 Å². The van der Waals surface area contributed by atoms with Crippen LogP contribution in [-0.2, 0) is 11.2 Å². The summed E-state index contributed by atoms with van der Waals surface area (Å²) in [4.78, 5) is 14.1. The molecule has 0 saturated carbocycles. The van der Waals surface area contributed by atoms with Crippen molar-refractivity contribution in [3.8, 4) is 5.13 Å². The molecule has 2 heterocycles. The van der Waals surface area contributed by atoms with E-state index in [1.807, 2.05) is 0 Å². The summed E-state index contributed by atoms with van der Waals surface area (Å²) in [6.07, 6.45) is 2.09. The van der Waals surface area contributed by atoms with Gasteiger partial charge >= 0.3 is 5.82 Å². The minimum atomic E-state index is -0.552. The van der Waals surface area contributed by atoms with Gasteiger partial charge in [-0.15, -0.1) is 4.68 Å². The van der Waals surface area contributed by atoms with Crippen LogP contribution in [-0.4, -0.2) is 37.8 Å². The molecule has 2 aromatic rings. The average molecular weight is 255 g/mol. The van der Waals surface area contributed by atoms with Crippen molar-refractivity contribution >= 4 is 17.4 Å². The van der Waals surface area contributed by atoms with E-state index in [0.717, 1.165) is 11.5 Å². The number of hydrogen-bond acceptors (Lipinski definition) is 7. The van der Waals surface area contributed by atoms with E-state index in [4.69, 9.17) is 4.74 Å². The lowest BCUT2D eigenvalue weighted by molar-refractivity contribution is -0.389. The molecule has 0 bridgehead atoms. The first-order valence-electron chi connectivity index (χ1n) is 4.72. The normalized spacial score (nSPS) is 10.6. The van der Waals surface area contributed by atoms with Crippen molar-refractivity contribution < 1.29 is 9.66 Å². The summed E-state index contributed by atoms with van der Waals surface area (Å²) in [6.45, 7) is 0.537. The molecule has 0 aromatic carbocycles. The second-order valence-electron chi connectivity index (χ2n) is 3.11. The first kappa shape index (κ1) is 11.6. The fourth-order valence-corrected chi connectivity index (χ4v) is 1.80. The Morgan fingerprint density at radius 3 is 3.12 bits per heavy atom. The SMILES string of the molecule is COCCc1nsc(-n2ccc([N+](=O)[O-])n2)n1. The van der Waals surface area contributed by atoms with E-state index in [1.54, 1.807) is 7.11 Å². The van der Waals surface area contributed by atoms with E-state index >= 15 is 0 Å². The number of methoxy groups -OCH3 is 1. The molecule has 9 heteroatoms. The Balaban J connectivity index is 2.15. The Morgan fingerprint density at radius 1 is 1.65 bits per heavy atom. The zero-order chi connectivity index (χ0) is 12.3. The van der Waals surface area contributed by atoms with Gasteiger partial charge in [-0.1, -0.05) is 0 Å². The minimum absolute atomic E-state index is 0.210. The molecule has 0 spiro atoms. The van der Waals surface area contributed by atoms with Gasteiger partial charge in [-0.2, -0.15) is 4.37 Å². The van der Waals surface area contributed by atoms with Gasteiger partial charge in [0.1, 0.15) is 5.82 Å². The van der Waals surface area contributed by atoms with Gasteiger partial charge in [0.05, 0.1) is 24.0 Å². The van der Waals surface area contributed by atoms with Crippen LogP contribution in [0.3, 0.4) is 0 Å². The van der Waals surface area contributed by atoms with Crippen molar-refractivity contribution in [1.82, 2.24) is 19.1 Å². The van der Waals surface area contributed by atoms with Crippen molar-refractivity contribution in [2.24, 2.45) is 0 Å². The van der Waals surface area contributed by atoms with E-state index in [1.165, 1.54) is 16.9 Å². The highest BCUT2D eigenvalue weighted by atomic mass is 32.1. The Hall–Kier alpha value is -1.87. The van der Waals surface area contributed by atoms with Crippen molar-refractivity contribution in [3.63, 3.8) is 0 Å². The van der Waals surface area contributed by atoms with Gasteiger partial charge in [0.2, 0.25) is 0 Å². The average Bonchev–Trinajstić information content (AvgIpc) is 2.94. The monoisotopic (exact) mass is 255 g/mol. The molecule has 0 aliphatic rings. The molecule has 90 valence electrons. The number of nitro groups is 1. The molecule has 0 aliphatic carbocycles. The van der Waals surface area contributed by atoms with Gasteiger partial charge in [0.25, 0.3) is 5.13 Å². The lowest BCUT2D eigenvalue weighted by atomic mass is 10.4. The summed E-state index contributed by atoms with van der Waals surface area (Å²) in [6, 6.07) is 1.32. The molecule has 0 N–H and O–H groups in total. The molecular weight excluding hydrogens is 246 g/mol. The summed E-state index contributed by atoms with van der Waals surface area (Å²) in [5, 5.41) is 14.7. The van der Waals surface area contributed by atoms with Crippen molar-refractivity contribution in [3.05, 3.63) is 28.2 Å². The van der Waals surface area contributed by atoms with Gasteiger partial charge in [-0.05, 0) is 4.92 Å². The number of aromatic nitrogens is 4. The summed E-state index contributed by atoms with van der Waals surface area (Å²) < 4.78 is 10.4. The second kappa shape index (κ2) is 4.97. The highest BCUT2D eigenvalue weighted by molar-refractivity contribution is 7.08. The van der Waals surface area contributed by atoms with Gasteiger partial charge in [0, 0.05) is 25.1 Å². The molecule has 0 aliphatic heterocycles. The van der Waals surface area contributed by atoms with E-state index in [-0.39, 0.29) is 5.82 Å². The van der Waals surface area contributed by atoms with Crippen LogP contribution in [0, 0.1) is 10.1 Å². The Kier molecular flexibility index (Phi) is 3.40. The fraction of sp³-hybridized carbons (Fsp3) is 0.375. The Labute approximate surface area is 100 Å². The van der Waals surface area contributed by atoms with Gasteiger partial charge < -0.3 is 14.9 Å². The molecule has 0 fully saturated rings. The quantitative estimate of drug-likeness (QED) is 0.579. The summed E-state index contributed by atoms with van der Waals surface area (Å²) in [5.74, 6) is 0.434. The summed E-state index contributed by atoms with van der Waals surface area (Å²) >= 11 is 1.14. The predicted molar refractivity (Wildman–Crippen MR) is 59.3 cm³/mol. The lowest BCUT2D eigenvalue weighted by Gasteiger charge is -1.91. The molecule has 0 unspecified atom stereocenters. The number of ether oxygens (including phenoxy) is 1. The first-order valence-corrected chi connectivity index (χ1v) is 5.50.